The number of para-hydroxylation sites is 1. The summed E-state index contributed by atoms with van der Waals surface area (Å²) in [6, 6.07) is 11.3. The second kappa shape index (κ2) is 6.74. The molecule has 2 heterocycles. The van der Waals surface area contributed by atoms with Crippen molar-refractivity contribution in [3.05, 3.63) is 72.4 Å². The van der Waals surface area contributed by atoms with Crippen molar-refractivity contribution in [1.82, 2.24) is 19.9 Å². The smallest absolute Gasteiger partial charge is 0.320 e. The average Bonchev–Trinajstić information content (AvgIpc) is 3.07. The summed E-state index contributed by atoms with van der Waals surface area (Å²) in [5.41, 5.74) is 3.03. The summed E-state index contributed by atoms with van der Waals surface area (Å²) in [6.07, 6.45) is 6.99. The number of carbonyl (C=O) groups is 1. The first-order chi connectivity index (χ1) is 11.2. The molecule has 0 aliphatic heterocycles. The number of benzene rings is 1. The Morgan fingerprint density at radius 1 is 1.22 bits per heavy atom. The molecule has 2 N–H and O–H groups in total. The summed E-state index contributed by atoms with van der Waals surface area (Å²) < 4.78 is 1.91. The molecule has 2 amide bonds. The first kappa shape index (κ1) is 14.8. The third kappa shape index (κ3) is 3.74. The van der Waals surface area contributed by atoms with E-state index in [2.05, 4.69) is 20.6 Å². The van der Waals surface area contributed by atoms with Crippen LogP contribution in [0.4, 0.5) is 10.6 Å². The SMILES string of the molecule is Cc1ccnc(NC(=O)NCc2ccccc2-n2ccnc2)c1. The zero-order valence-electron chi connectivity index (χ0n) is 12.7. The van der Waals surface area contributed by atoms with E-state index in [9.17, 15) is 4.79 Å². The first-order valence-corrected chi connectivity index (χ1v) is 7.26. The van der Waals surface area contributed by atoms with Crippen LogP contribution in [0.25, 0.3) is 5.69 Å². The Kier molecular flexibility index (Phi) is 4.33. The number of aryl methyl sites for hydroxylation is 1. The molecule has 0 bridgehead atoms. The molecule has 0 spiro atoms. The molecule has 3 aromatic rings. The average molecular weight is 307 g/mol. The highest BCUT2D eigenvalue weighted by Gasteiger charge is 2.06. The summed E-state index contributed by atoms with van der Waals surface area (Å²) in [5.74, 6) is 0.533. The van der Waals surface area contributed by atoms with Gasteiger partial charge in [0.05, 0.1) is 12.0 Å². The van der Waals surface area contributed by atoms with E-state index in [0.717, 1.165) is 16.8 Å². The van der Waals surface area contributed by atoms with Crippen LogP contribution in [0.15, 0.2) is 61.3 Å². The molecule has 3 rings (SSSR count). The van der Waals surface area contributed by atoms with Crippen molar-refractivity contribution in [3.8, 4) is 5.69 Å². The molecule has 116 valence electrons. The highest BCUT2D eigenvalue weighted by atomic mass is 16.2. The van der Waals surface area contributed by atoms with E-state index in [-0.39, 0.29) is 6.03 Å². The monoisotopic (exact) mass is 307 g/mol. The van der Waals surface area contributed by atoms with Crippen LogP contribution in [0.2, 0.25) is 0 Å². The van der Waals surface area contributed by atoms with E-state index < -0.39 is 0 Å². The maximum atomic E-state index is 12.0. The Bertz CT molecular complexity index is 798. The molecule has 2 aromatic heterocycles. The number of carbonyl (C=O) groups excluding carboxylic acids is 1. The number of rotatable bonds is 4. The van der Waals surface area contributed by atoms with Crippen molar-refractivity contribution in [2.45, 2.75) is 13.5 Å². The molecular weight excluding hydrogens is 290 g/mol. The lowest BCUT2D eigenvalue weighted by Crippen LogP contribution is -2.29. The molecule has 0 aliphatic rings. The quantitative estimate of drug-likeness (QED) is 0.778. The van der Waals surface area contributed by atoms with Gasteiger partial charge < -0.3 is 9.88 Å². The van der Waals surface area contributed by atoms with Crippen LogP contribution in [0.3, 0.4) is 0 Å². The molecule has 6 heteroatoms. The number of hydrogen-bond acceptors (Lipinski definition) is 3. The van der Waals surface area contributed by atoms with E-state index in [4.69, 9.17) is 0 Å². The van der Waals surface area contributed by atoms with Gasteiger partial charge in [0.15, 0.2) is 0 Å². The number of hydrogen-bond donors (Lipinski definition) is 2. The van der Waals surface area contributed by atoms with Crippen LogP contribution in [0.5, 0.6) is 0 Å². The molecule has 1 aromatic carbocycles. The topological polar surface area (TPSA) is 71.8 Å². The van der Waals surface area contributed by atoms with Gasteiger partial charge in [-0.05, 0) is 36.2 Å². The van der Waals surface area contributed by atoms with Gasteiger partial charge in [-0.1, -0.05) is 18.2 Å². The zero-order valence-corrected chi connectivity index (χ0v) is 12.7. The van der Waals surface area contributed by atoms with Gasteiger partial charge >= 0.3 is 6.03 Å². The number of anilines is 1. The van der Waals surface area contributed by atoms with Crippen molar-refractivity contribution in [1.29, 1.82) is 0 Å². The predicted octanol–water partition coefficient (Wildman–Crippen LogP) is 2.90. The minimum Gasteiger partial charge on any atom is -0.334 e. The molecule has 0 unspecified atom stereocenters. The van der Waals surface area contributed by atoms with E-state index in [1.54, 1.807) is 18.7 Å². The van der Waals surface area contributed by atoms with Gasteiger partial charge in [-0.3, -0.25) is 5.32 Å². The number of imidazole rings is 1. The van der Waals surface area contributed by atoms with Gasteiger partial charge in [-0.2, -0.15) is 0 Å². The van der Waals surface area contributed by atoms with Crippen LogP contribution in [0, 0.1) is 6.92 Å². The van der Waals surface area contributed by atoms with Crippen molar-refractivity contribution in [2.24, 2.45) is 0 Å². The largest absolute Gasteiger partial charge is 0.334 e. The second-order valence-corrected chi connectivity index (χ2v) is 5.12. The van der Waals surface area contributed by atoms with Gasteiger partial charge in [-0.15, -0.1) is 0 Å². The Balaban J connectivity index is 1.66. The molecule has 0 radical (unpaired) electrons. The summed E-state index contributed by atoms with van der Waals surface area (Å²) in [7, 11) is 0. The number of aromatic nitrogens is 3. The van der Waals surface area contributed by atoms with E-state index >= 15 is 0 Å². The van der Waals surface area contributed by atoms with Crippen molar-refractivity contribution in [2.75, 3.05) is 5.32 Å². The van der Waals surface area contributed by atoms with Crippen LogP contribution in [0.1, 0.15) is 11.1 Å². The normalized spacial score (nSPS) is 10.3. The molecule has 23 heavy (non-hydrogen) atoms. The number of nitrogens with zero attached hydrogens (tertiary/aromatic N) is 3. The fourth-order valence-corrected chi connectivity index (χ4v) is 2.25. The summed E-state index contributed by atoms with van der Waals surface area (Å²) in [5, 5.41) is 5.57. The van der Waals surface area contributed by atoms with Crippen molar-refractivity contribution < 1.29 is 4.79 Å². The first-order valence-electron chi connectivity index (χ1n) is 7.26. The molecule has 0 saturated heterocycles. The maximum Gasteiger partial charge on any atom is 0.320 e. The third-order valence-electron chi connectivity index (χ3n) is 3.37. The Morgan fingerprint density at radius 2 is 2.09 bits per heavy atom. The number of pyridine rings is 1. The van der Waals surface area contributed by atoms with Gasteiger partial charge in [0.2, 0.25) is 0 Å². The zero-order chi connectivity index (χ0) is 16.1. The minimum absolute atomic E-state index is 0.288. The fourth-order valence-electron chi connectivity index (χ4n) is 2.25. The van der Waals surface area contributed by atoms with Crippen molar-refractivity contribution >= 4 is 11.8 Å². The lowest BCUT2D eigenvalue weighted by atomic mass is 10.1. The highest BCUT2D eigenvalue weighted by molar-refractivity contribution is 5.88. The highest BCUT2D eigenvalue weighted by Crippen LogP contribution is 2.14. The summed E-state index contributed by atoms with van der Waals surface area (Å²) >= 11 is 0. The van der Waals surface area contributed by atoms with Crippen molar-refractivity contribution in [3.63, 3.8) is 0 Å². The molecule has 0 fully saturated rings. The van der Waals surface area contributed by atoms with Gasteiger partial charge in [-0.25, -0.2) is 14.8 Å². The van der Waals surface area contributed by atoms with Crippen LogP contribution in [-0.2, 0) is 6.54 Å². The van der Waals surface area contributed by atoms with Gasteiger partial charge in [0, 0.05) is 25.1 Å². The third-order valence-corrected chi connectivity index (χ3v) is 3.37. The van der Waals surface area contributed by atoms with E-state index in [1.807, 2.05) is 54.1 Å². The molecule has 0 atom stereocenters. The number of amides is 2. The van der Waals surface area contributed by atoms with Gasteiger partial charge in [0.25, 0.3) is 0 Å². The van der Waals surface area contributed by atoms with E-state index in [1.165, 1.54) is 0 Å². The molecule has 6 nitrogen and oxygen atoms in total. The lowest BCUT2D eigenvalue weighted by molar-refractivity contribution is 0.251. The van der Waals surface area contributed by atoms with E-state index in [0.29, 0.717) is 12.4 Å². The van der Waals surface area contributed by atoms with Crippen LogP contribution < -0.4 is 10.6 Å². The number of urea groups is 1. The van der Waals surface area contributed by atoms with Crippen LogP contribution in [-0.4, -0.2) is 20.6 Å². The van der Waals surface area contributed by atoms with Crippen LogP contribution >= 0.6 is 0 Å². The predicted molar refractivity (Wildman–Crippen MR) is 88.4 cm³/mol. The number of nitrogens with one attached hydrogen (secondary N) is 2. The Hall–Kier alpha value is -3.15. The molecule has 0 saturated carbocycles. The second-order valence-electron chi connectivity index (χ2n) is 5.12. The Labute approximate surface area is 134 Å². The molecular formula is C17H17N5O. The molecule has 0 aliphatic carbocycles. The summed E-state index contributed by atoms with van der Waals surface area (Å²) in [6.45, 7) is 2.36. The standard InChI is InChI=1S/C17H17N5O/c1-13-6-7-19-16(10-13)21-17(23)20-11-14-4-2-3-5-15(14)22-9-8-18-12-22/h2-10,12H,11H2,1H3,(H2,19,20,21,23). The van der Waals surface area contributed by atoms with Gasteiger partial charge in [0.1, 0.15) is 5.82 Å². The maximum absolute atomic E-state index is 12.0. The summed E-state index contributed by atoms with van der Waals surface area (Å²) in [4.78, 5) is 20.2. The lowest BCUT2D eigenvalue weighted by Gasteiger charge is -2.11. The Morgan fingerprint density at radius 3 is 2.87 bits per heavy atom. The fraction of sp³-hybridized carbons (Fsp3) is 0.118. The minimum atomic E-state index is -0.288.